The van der Waals surface area contributed by atoms with E-state index in [1.807, 2.05) is 38.1 Å². The van der Waals surface area contributed by atoms with Gasteiger partial charge in [0.2, 0.25) is 0 Å². The number of para-hydroxylation sites is 1. The Kier molecular flexibility index (Phi) is 4.03. The van der Waals surface area contributed by atoms with Crippen molar-refractivity contribution >= 4 is 55.0 Å². The summed E-state index contributed by atoms with van der Waals surface area (Å²) in [5.74, 6) is 0. The highest BCUT2D eigenvalue weighted by atomic mass is 35.5. The van der Waals surface area contributed by atoms with E-state index in [9.17, 15) is 8.42 Å². The monoisotopic (exact) mass is 403 g/mol. The molecule has 26 heavy (non-hydrogen) atoms. The van der Waals surface area contributed by atoms with E-state index in [1.54, 1.807) is 30.3 Å². The van der Waals surface area contributed by atoms with E-state index in [2.05, 4.69) is 0 Å². The van der Waals surface area contributed by atoms with Crippen LogP contribution in [0.15, 0.2) is 59.5 Å². The van der Waals surface area contributed by atoms with Gasteiger partial charge < -0.3 is 0 Å². The van der Waals surface area contributed by atoms with Crippen LogP contribution in [0.2, 0.25) is 10.0 Å². The van der Waals surface area contributed by atoms with Crippen LogP contribution in [0.4, 0.5) is 0 Å². The molecule has 0 aliphatic rings. The van der Waals surface area contributed by atoms with Crippen LogP contribution in [0, 0.1) is 13.8 Å². The Balaban J connectivity index is 2.21. The number of hydrogen-bond donors (Lipinski definition) is 0. The fraction of sp³-hybridized carbons (Fsp3) is 0.100. The summed E-state index contributed by atoms with van der Waals surface area (Å²) in [6.07, 6.45) is 0. The van der Waals surface area contributed by atoms with E-state index < -0.39 is 10.0 Å². The number of fused-ring (bicyclic) bond motifs is 3. The second kappa shape index (κ2) is 6.02. The Hall–Kier alpha value is -2.01. The lowest BCUT2D eigenvalue weighted by atomic mass is 10.1. The summed E-state index contributed by atoms with van der Waals surface area (Å²) in [6.45, 7) is 3.77. The highest BCUT2D eigenvalue weighted by Gasteiger charge is 2.26. The zero-order chi connectivity index (χ0) is 18.6. The van der Waals surface area contributed by atoms with Crippen molar-refractivity contribution in [3.05, 3.63) is 75.8 Å². The highest BCUT2D eigenvalue weighted by Crippen LogP contribution is 2.40. The highest BCUT2D eigenvalue weighted by molar-refractivity contribution is 7.90. The molecule has 1 heterocycles. The summed E-state index contributed by atoms with van der Waals surface area (Å²) in [5, 5.41) is 2.19. The van der Waals surface area contributed by atoms with E-state index in [-0.39, 0.29) is 9.92 Å². The van der Waals surface area contributed by atoms with Crippen molar-refractivity contribution in [2.24, 2.45) is 0 Å². The lowest BCUT2D eigenvalue weighted by Crippen LogP contribution is -2.13. The van der Waals surface area contributed by atoms with Gasteiger partial charge in [-0.25, -0.2) is 12.4 Å². The molecule has 6 heteroatoms. The first-order valence-electron chi connectivity index (χ1n) is 8.02. The van der Waals surface area contributed by atoms with Crippen LogP contribution < -0.4 is 0 Å². The quantitative estimate of drug-likeness (QED) is 0.414. The second-order valence-electron chi connectivity index (χ2n) is 6.32. The summed E-state index contributed by atoms with van der Waals surface area (Å²) < 4.78 is 28.2. The molecule has 0 bridgehead atoms. The molecule has 0 spiro atoms. The van der Waals surface area contributed by atoms with Gasteiger partial charge in [0.05, 0.1) is 26.0 Å². The number of halogens is 2. The summed E-state index contributed by atoms with van der Waals surface area (Å²) in [4.78, 5) is 0.207. The molecule has 0 aliphatic heterocycles. The van der Waals surface area contributed by atoms with Gasteiger partial charge in [0.15, 0.2) is 0 Å². The van der Waals surface area contributed by atoms with Gasteiger partial charge >= 0.3 is 0 Å². The second-order valence-corrected chi connectivity index (χ2v) is 8.86. The lowest BCUT2D eigenvalue weighted by Gasteiger charge is -2.11. The number of aromatic nitrogens is 1. The van der Waals surface area contributed by atoms with Crippen molar-refractivity contribution in [3.63, 3.8) is 0 Å². The molecule has 132 valence electrons. The maximum absolute atomic E-state index is 13.4. The van der Waals surface area contributed by atoms with Crippen LogP contribution in [-0.2, 0) is 10.0 Å². The molecule has 0 amide bonds. The summed E-state index contributed by atoms with van der Waals surface area (Å²) in [6, 6.07) is 16.0. The molecule has 3 nitrogen and oxygen atoms in total. The first-order valence-corrected chi connectivity index (χ1v) is 10.2. The molecular weight excluding hydrogens is 389 g/mol. The largest absolute Gasteiger partial charge is 0.268 e. The molecule has 0 aliphatic carbocycles. The Morgan fingerprint density at radius 2 is 1.50 bits per heavy atom. The van der Waals surface area contributed by atoms with Gasteiger partial charge in [-0.1, -0.05) is 59.1 Å². The molecule has 0 atom stereocenters. The predicted octanol–water partition coefficient (Wildman–Crippen LogP) is 5.96. The van der Waals surface area contributed by atoms with Crippen molar-refractivity contribution in [2.75, 3.05) is 0 Å². The van der Waals surface area contributed by atoms with Crippen molar-refractivity contribution in [2.45, 2.75) is 18.7 Å². The Morgan fingerprint density at radius 3 is 2.19 bits per heavy atom. The maximum Gasteiger partial charge on any atom is 0.268 e. The first kappa shape index (κ1) is 17.4. The zero-order valence-corrected chi connectivity index (χ0v) is 16.5. The zero-order valence-electron chi connectivity index (χ0n) is 14.1. The van der Waals surface area contributed by atoms with Crippen molar-refractivity contribution < 1.29 is 8.42 Å². The van der Waals surface area contributed by atoms with Gasteiger partial charge in [-0.2, -0.15) is 0 Å². The van der Waals surface area contributed by atoms with Crippen LogP contribution in [0.5, 0.6) is 0 Å². The van der Waals surface area contributed by atoms with E-state index in [4.69, 9.17) is 23.2 Å². The van der Waals surface area contributed by atoms with Gasteiger partial charge in [0, 0.05) is 10.8 Å². The standard InChI is InChI=1S/C20H15Cl2NO2S/c1-12-7-9-14(10-8-12)26(24,25)23-17-6-4-3-5-15(17)16-11-13(2)18(21)19(22)20(16)23/h3-11H,1-2H3. The number of hydrogen-bond acceptors (Lipinski definition) is 2. The average Bonchev–Trinajstić information content (AvgIpc) is 2.95. The molecule has 3 aromatic carbocycles. The Bertz CT molecular complexity index is 1270. The minimum atomic E-state index is -3.84. The maximum atomic E-state index is 13.4. The van der Waals surface area contributed by atoms with Crippen LogP contribution in [0.3, 0.4) is 0 Å². The van der Waals surface area contributed by atoms with Crippen molar-refractivity contribution in [1.82, 2.24) is 3.97 Å². The van der Waals surface area contributed by atoms with Crippen LogP contribution in [-0.4, -0.2) is 12.4 Å². The minimum absolute atomic E-state index is 0.207. The van der Waals surface area contributed by atoms with Crippen molar-refractivity contribution in [3.8, 4) is 0 Å². The van der Waals surface area contributed by atoms with E-state index in [1.165, 1.54) is 3.97 Å². The van der Waals surface area contributed by atoms with Gasteiger partial charge in [0.25, 0.3) is 10.0 Å². The summed E-state index contributed by atoms with van der Waals surface area (Å²) in [5.41, 5.74) is 2.78. The summed E-state index contributed by atoms with van der Waals surface area (Å²) in [7, 11) is -3.84. The third-order valence-electron chi connectivity index (χ3n) is 4.54. The van der Waals surface area contributed by atoms with E-state index in [0.29, 0.717) is 16.1 Å². The van der Waals surface area contributed by atoms with Crippen LogP contribution >= 0.6 is 23.2 Å². The fourth-order valence-electron chi connectivity index (χ4n) is 3.21. The number of rotatable bonds is 2. The van der Waals surface area contributed by atoms with E-state index >= 15 is 0 Å². The van der Waals surface area contributed by atoms with Crippen molar-refractivity contribution in [1.29, 1.82) is 0 Å². The Labute approximate surface area is 161 Å². The molecule has 0 N–H and O–H groups in total. The number of aryl methyl sites for hydroxylation is 2. The third kappa shape index (κ3) is 2.44. The molecule has 0 radical (unpaired) electrons. The van der Waals surface area contributed by atoms with Gasteiger partial charge in [-0.3, -0.25) is 0 Å². The topological polar surface area (TPSA) is 39.1 Å². The van der Waals surface area contributed by atoms with Gasteiger partial charge in [-0.15, -0.1) is 0 Å². The van der Waals surface area contributed by atoms with Crippen LogP contribution in [0.1, 0.15) is 11.1 Å². The number of benzene rings is 3. The molecule has 0 saturated carbocycles. The van der Waals surface area contributed by atoms with E-state index in [0.717, 1.165) is 21.9 Å². The van der Waals surface area contributed by atoms with Gasteiger partial charge in [-0.05, 0) is 43.7 Å². The SMILES string of the molecule is Cc1ccc(S(=O)(=O)n2c3ccccc3c3cc(C)c(Cl)c(Cl)c32)cc1. The summed E-state index contributed by atoms with van der Waals surface area (Å²) >= 11 is 12.8. The van der Waals surface area contributed by atoms with Crippen LogP contribution in [0.25, 0.3) is 21.8 Å². The molecule has 4 rings (SSSR count). The molecule has 4 aromatic rings. The molecule has 0 unspecified atom stereocenters. The third-order valence-corrected chi connectivity index (χ3v) is 7.22. The minimum Gasteiger partial charge on any atom is -0.232 e. The van der Waals surface area contributed by atoms with Gasteiger partial charge in [0.1, 0.15) is 0 Å². The predicted molar refractivity (Wildman–Crippen MR) is 108 cm³/mol. The first-order chi connectivity index (χ1) is 12.3. The molecule has 1 aromatic heterocycles. The molecular formula is C20H15Cl2NO2S. The smallest absolute Gasteiger partial charge is 0.232 e. The average molecular weight is 404 g/mol. The number of nitrogens with zero attached hydrogens (tertiary/aromatic N) is 1. The fourth-order valence-corrected chi connectivity index (χ4v) is 5.28. The molecule has 0 saturated heterocycles. The normalized spacial score (nSPS) is 12.2. The Morgan fingerprint density at radius 1 is 0.846 bits per heavy atom. The lowest BCUT2D eigenvalue weighted by molar-refractivity contribution is 0.590. The molecule has 0 fully saturated rings.